The van der Waals surface area contributed by atoms with Crippen LogP contribution in [0.25, 0.3) is 10.8 Å². The molecule has 4 heteroatoms. The van der Waals surface area contributed by atoms with Gasteiger partial charge in [-0.05, 0) is 42.6 Å². The summed E-state index contributed by atoms with van der Waals surface area (Å²) in [5.74, 6) is 0.155. The maximum atomic E-state index is 12.5. The first kappa shape index (κ1) is 16.8. The molecule has 1 atom stereocenters. The number of carbonyl (C=O) groups is 1. The Morgan fingerprint density at radius 1 is 1.23 bits per heavy atom. The summed E-state index contributed by atoms with van der Waals surface area (Å²) < 4.78 is 0. The van der Waals surface area contributed by atoms with Gasteiger partial charge in [0.1, 0.15) is 0 Å². The van der Waals surface area contributed by atoms with E-state index < -0.39 is 0 Å². The van der Waals surface area contributed by atoms with E-state index in [4.69, 9.17) is 0 Å². The largest absolute Gasteiger partial charge is 0.351 e. The highest BCUT2D eigenvalue weighted by molar-refractivity contribution is 5.87. The minimum atomic E-state index is -0.275. The van der Waals surface area contributed by atoms with E-state index in [1.54, 1.807) is 0 Å². The molecule has 2 aromatic rings. The van der Waals surface area contributed by atoms with Crippen molar-refractivity contribution in [2.45, 2.75) is 26.3 Å². The molecule has 1 saturated heterocycles. The molecule has 1 unspecified atom stereocenters. The third kappa shape index (κ3) is 3.42. The van der Waals surface area contributed by atoms with Crippen LogP contribution < -0.4 is 10.6 Å². The van der Waals surface area contributed by atoms with E-state index in [-0.39, 0.29) is 23.7 Å². The number of amides is 1. The Hall–Kier alpha value is -1.58. The Morgan fingerprint density at radius 2 is 2.00 bits per heavy atom. The quantitative estimate of drug-likeness (QED) is 0.912. The van der Waals surface area contributed by atoms with E-state index >= 15 is 0 Å². The Morgan fingerprint density at radius 3 is 2.77 bits per heavy atom. The highest BCUT2D eigenvalue weighted by Crippen LogP contribution is 2.26. The molecule has 1 fully saturated rings. The topological polar surface area (TPSA) is 41.1 Å². The average Bonchev–Trinajstić information content (AvgIpc) is 2.53. The van der Waals surface area contributed by atoms with Crippen molar-refractivity contribution in [2.75, 3.05) is 13.1 Å². The molecule has 1 aliphatic rings. The van der Waals surface area contributed by atoms with E-state index in [0.717, 1.165) is 25.9 Å². The summed E-state index contributed by atoms with van der Waals surface area (Å²) in [6.45, 7) is 4.44. The predicted octanol–water partition coefficient (Wildman–Crippen LogP) is 3.27. The van der Waals surface area contributed by atoms with E-state index in [9.17, 15) is 4.79 Å². The summed E-state index contributed by atoms with van der Waals surface area (Å²) in [6.07, 6.45) is 2.03. The van der Waals surface area contributed by atoms with Gasteiger partial charge in [-0.2, -0.15) is 0 Å². The van der Waals surface area contributed by atoms with Gasteiger partial charge >= 0.3 is 0 Å². The zero-order valence-corrected chi connectivity index (χ0v) is 13.7. The molecule has 3 rings (SSSR count). The van der Waals surface area contributed by atoms with Crippen molar-refractivity contribution in [3.8, 4) is 0 Å². The van der Waals surface area contributed by atoms with Crippen molar-refractivity contribution < 1.29 is 4.79 Å². The third-order valence-electron chi connectivity index (χ3n) is 4.46. The molecule has 1 amide bonds. The van der Waals surface area contributed by atoms with Gasteiger partial charge in [0.25, 0.3) is 0 Å². The minimum absolute atomic E-state index is 0. The highest BCUT2D eigenvalue weighted by atomic mass is 35.5. The zero-order valence-electron chi connectivity index (χ0n) is 12.9. The molecule has 1 heterocycles. The van der Waals surface area contributed by atoms with E-state index in [2.05, 4.69) is 41.8 Å². The Kier molecular flexibility index (Phi) is 5.43. The van der Waals surface area contributed by atoms with Gasteiger partial charge in [-0.3, -0.25) is 4.79 Å². The normalized spacial score (nSPS) is 21.1. The van der Waals surface area contributed by atoms with Crippen LogP contribution in [-0.2, 0) is 11.3 Å². The number of piperidine rings is 1. The molecule has 118 valence electrons. The zero-order chi connectivity index (χ0) is 14.7. The maximum Gasteiger partial charge on any atom is 0.227 e. The second-order valence-corrected chi connectivity index (χ2v) is 6.16. The average molecular weight is 319 g/mol. The Balaban J connectivity index is 0.00000176. The molecule has 0 aliphatic carbocycles. The number of halogens is 1. The molecule has 1 aliphatic heterocycles. The molecule has 22 heavy (non-hydrogen) atoms. The van der Waals surface area contributed by atoms with Crippen LogP contribution >= 0.6 is 12.4 Å². The molecule has 0 aromatic heterocycles. The van der Waals surface area contributed by atoms with Crippen LogP contribution in [0.3, 0.4) is 0 Å². The molecule has 0 spiro atoms. The first-order chi connectivity index (χ1) is 10.2. The van der Waals surface area contributed by atoms with Crippen molar-refractivity contribution in [1.29, 1.82) is 0 Å². The Bertz CT molecular complexity index is 645. The number of hydrogen-bond acceptors (Lipinski definition) is 2. The highest BCUT2D eigenvalue weighted by Gasteiger charge is 2.34. The third-order valence-corrected chi connectivity index (χ3v) is 4.46. The van der Waals surface area contributed by atoms with Gasteiger partial charge in [-0.15, -0.1) is 12.4 Å². The molecular formula is C18H23ClN2O. The lowest BCUT2D eigenvalue weighted by molar-refractivity contribution is -0.131. The van der Waals surface area contributed by atoms with Crippen LogP contribution in [0.1, 0.15) is 25.3 Å². The van der Waals surface area contributed by atoms with Crippen molar-refractivity contribution in [1.82, 2.24) is 10.6 Å². The summed E-state index contributed by atoms with van der Waals surface area (Å²) in [5.41, 5.74) is 0.900. The lowest BCUT2D eigenvalue weighted by Crippen LogP contribution is -2.48. The lowest BCUT2D eigenvalue weighted by atomic mass is 9.82. The second-order valence-electron chi connectivity index (χ2n) is 6.16. The smallest absolute Gasteiger partial charge is 0.227 e. The number of hydrogen-bond donors (Lipinski definition) is 2. The number of benzene rings is 2. The van der Waals surface area contributed by atoms with Crippen molar-refractivity contribution in [3.05, 3.63) is 48.0 Å². The Labute approximate surface area is 137 Å². The SMILES string of the molecule is CC1(C(=O)NCc2cccc3ccccc23)CCCNC1.Cl. The maximum absolute atomic E-state index is 12.5. The summed E-state index contributed by atoms with van der Waals surface area (Å²) in [5, 5.41) is 8.88. The molecule has 3 nitrogen and oxygen atoms in total. The summed E-state index contributed by atoms with van der Waals surface area (Å²) >= 11 is 0. The first-order valence-corrected chi connectivity index (χ1v) is 7.65. The molecule has 2 aromatic carbocycles. The van der Waals surface area contributed by atoms with Crippen LogP contribution in [0.5, 0.6) is 0 Å². The molecule has 0 bridgehead atoms. The summed E-state index contributed by atoms with van der Waals surface area (Å²) in [7, 11) is 0. The molecule has 0 radical (unpaired) electrons. The molecular weight excluding hydrogens is 296 g/mol. The predicted molar refractivity (Wildman–Crippen MR) is 93.3 cm³/mol. The van der Waals surface area contributed by atoms with E-state index in [0.29, 0.717) is 6.54 Å². The van der Waals surface area contributed by atoms with Gasteiger partial charge < -0.3 is 10.6 Å². The number of rotatable bonds is 3. The van der Waals surface area contributed by atoms with Crippen LogP contribution in [0.15, 0.2) is 42.5 Å². The minimum Gasteiger partial charge on any atom is -0.351 e. The molecule has 0 saturated carbocycles. The number of nitrogens with one attached hydrogen (secondary N) is 2. The van der Waals surface area contributed by atoms with Crippen molar-refractivity contribution in [2.24, 2.45) is 5.41 Å². The number of carbonyl (C=O) groups excluding carboxylic acids is 1. The lowest BCUT2D eigenvalue weighted by Gasteiger charge is -2.32. The van der Waals surface area contributed by atoms with Crippen LogP contribution in [0.4, 0.5) is 0 Å². The van der Waals surface area contributed by atoms with Gasteiger partial charge in [0, 0.05) is 13.1 Å². The van der Waals surface area contributed by atoms with Gasteiger partial charge in [-0.25, -0.2) is 0 Å². The first-order valence-electron chi connectivity index (χ1n) is 7.65. The monoisotopic (exact) mass is 318 g/mol. The fourth-order valence-electron chi connectivity index (χ4n) is 3.09. The fraction of sp³-hybridized carbons (Fsp3) is 0.389. The van der Waals surface area contributed by atoms with Gasteiger partial charge in [0.2, 0.25) is 5.91 Å². The standard InChI is InChI=1S/C18H22N2O.ClH/c1-18(10-5-11-19-13-18)17(21)20-12-15-8-4-7-14-6-2-3-9-16(14)15;/h2-4,6-9,19H,5,10-13H2,1H3,(H,20,21);1H. The van der Waals surface area contributed by atoms with Gasteiger partial charge in [0.15, 0.2) is 0 Å². The second kappa shape index (κ2) is 7.12. The van der Waals surface area contributed by atoms with Crippen LogP contribution in [0, 0.1) is 5.41 Å². The fourth-order valence-corrected chi connectivity index (χ4v) is 3.09. The van der Waals surface area contributed by atoms with Crippen LogP contribution in [0.2, 0.25) is 0 Å². The van der Waals surface area contributed by atoms with Crippen molar-refractivity contribution in [3.63, 3.8) is 0 Å². The van der Waals surface area contributed by atoms with E-state index in [1.165, 1.54) is 16.3 Å². The van der Waals surface area contributed by atoms with Crippen LogP contribution in [-0.4, -0.2) is 19.0 Å². The van der Waals surface area contributed by atoms with Gasteiger partial charge in [-0.1, -0.05) is 42.5 Å². The number of fused-ring (bicyclic) bond motifs is 1. The summed E-state index contributed by atoms with van der Waals surface area (Å²) in [6, 6.07) is 14.5. The van der Waals surface area contributed by atoms with E-state index in [1.807, 2.05) is 18.2 Å². The van der Waals surface area contributed by atoms with Crippen molar-refractivity contribution >= 4 is 29.1 Å². The molecule has 2 N–H and O–H groups in total. The summed E-state index contributed by atoms with van der Waals surface area (Å²) in [4.78, 5) is 12.5. The van der Waals surface area contributed by atoms with Gasteiger partial charge in [0.05, 0.1) is 5.41 Å².